The summed E-state index contributed by atoms with van der Waals surface area (Å²) >= 11 is 0. The van der Waals surface area contributed by atoms with Gasteiger partial charge in [0.15, 0.2) is 0 Å². The smallest absolute Gasteiger partial charge is 0.0643 e. The van der Waals surface area contributed by atoms with Crippen molar-refractivity contribution in [1.82, 2.24) is 0 Å². The summed E-state index contributed by atoms with van der Waals surface area (Å²) < 4.78 is 5.99. The highest BCUT2D eigenvalue weighted by atomic mass is 16.5. The molecular weight excluding hydrogens is 172 g/mol. The van der Waals surface area contributed by atoms with E-state index >= 15 is 0 Å². The van der Waals surface area contributed by atoms with E-state index in [2.05, 4.69) is 26.8 Å². The molecule has 2 aliphatic rings. The summed E-state index contributed by atoms with van der Waals surface area (Å²) in [5.41, 5.74) is 1.66. The summed E-state index contributed by atoms with van der Waals surface area (Å²) in [5.74, 6) is 2.37. The SMILES string of the molecule is C/C=C1/CC2CC(OCC(C)C)C1C2. The highest BCUT2D eigenvalue weighted by Crippen LogP contribution is 2.49. The van der Waals surface area contributed by atoms with Gasteiger partial charge >= 0.3 is 0 Å². The van der Waals surface area contributed by atoms with E-state index in [0.29, 0.717) is 12.0 Å². The van der Waals surface area contributed by atoms with Crippen molar-refractivity contribution in [3.63, 3.8) is 0 Å². The van der Waals surface area contributed by atoms with Gasteiger partial charge in [0, 0.05) is 12.5 Å². The number of hydrogen-bond donors (Lipinski definition) is 0. The van der Waals surface area contributed by atoms with Crippen molar-refractivity contribution in [2.75, 3.05) is 6.61 Å². The van der Waals surface area contributed by atoms with E-state index in [1.54, 1.807) is 5.57 Å². The van der Waals surface area contributed by atoms with Gasteiger partial charge in [-0.2, -0.15) is 0 Å². The third-order valence-electron chi connectivity index (χ3n) is 3.62. The average Bonchev–Trinajstić information content (AvgIpc) is 2.72. The maximum Gasteiger partial charge on any atom is 0.0643 e. The molecule has 2 fully saturated rings. The van der Waals surface area contributed by atoms with Crippen LogP contribution in [-0.2, 0) is 4.74 Å². The Morgan fingerprint density at radius 1 is 1.43 bits per heavy atom. The van der Waals surface area contributed by atoms with Gasteiger partial charge in [-0.3, -0.25) is 0 Å². The molecule has 0 spiro atoms. The van der Waals surface area contributed by atoms with Crippen molar-refractivity contribution in [2.24, 2.45) is 17.8 Å². The van der Waals surface area contributed by atoms with Gasteiger partial charge < -0.3 is 4.74 Å². The van der Waals surface area contributed by atoms with Crippen molar-refractivity contribution >= 4 is 0 Å². The van der Waals surface area contributed by atoms with Crippen molar-refractivity contribution in [2.45, 2.75) is 46.1 Å². The molecule has 0 radical (unpaired) electrons. The normalized spacial score (nSPS) is 38.9. The standard InChI is InChI=1S/C13H22O/c1-4-11-5-10-6-12(11)13(7-10)14-8-9(2)3/h4,9-10,12-13H,5-8H2,1-3H3/b11-4-. The van der Waals surface area contributed by atoms with Crippen LogP contribution < -0.4 is 0 Å². The van der Waals surface area contributed by atoms with Crippen LogP contribution in [0.1, 0.15) is 40.0 Å². The number of allylic oxidation sites excluding steroid dienone is 1. The second kappa shape index (κ2) is 4.06. The molecule has 2 bridgehead atoms. The van der Waals surface area contributed by atoms with Gasteiger partial charge in [-0.15, -0.1) is 0 Å². The number of rotatable bonds is 3. The lowest BCUT2D eigenvalue weighted by atomic mass is 9.92. The van der Waals surface area contributed by atoms with Gasteiger partial charge in [0.05, 0.1) is 6.10 Å². The Morgan fingerprint density at radius 2 is 2.21 bits per heavy atom. The van der Waals surface area contributed by atoms with Crippen molar-refractivity contribution < 1.29 is 4.74 Å². The minimum atomic E-state index is 0.544. The van der Waals surface area contributed by atoms with Gasteiger partial charge in [0.2, 0.25) is 0 Å². The molecule has 0 saturated heterocycles. The van der Waals surface area contributed by atoms with Crippen LogP contribution in [0.3, 0.4) is 0 Å². The lowest BCUT2D eigenvalue weighted by Gasteiger charge is -2.25. The fourth-order valence-corrected chi connectivity index (χ4v) is 2.97. The third kappa shape index (κ3) is 1.88. The minimum Gasteiger partial charge on any atom is -0.377 e. The van der Waals surface area contributed by atoms with Crippen LogP contribution in [0.25, 0.3) is 0 Å². The molecule has 1 heteroatoms. The van der Waals surface area contributed by atoms with Crippen molar-refractivity contribution in [3.05, 3.63) is 11.6 Å². The largest absolute Gasteiger partial charge is 0.377 e. The molecular formula is C13H22O. The fraction of sp³-hybridized carbons (Fsp3) is 0.846. The summed E-state index contributed by atoms with van der Waals surface area (Å²) in [5, 5.41) is 0. The summed E-state index contributed by atoms with van der Waals surface area (Å²) in [6.45, 7) is 7.56. The topological polar surface area (TPSA) is 9.23 Å². The lowest BCUT2D eigenvalue weighted by molar-refractivity contribution is 0.0144. The number of fused-ring (bicyclic) bond motifs is 2. The Kier molecular flexibility index (Phi) is 2.96. The van der Waals surface area contributed by atoms with E-state index in [-0.39, 0.29) is 0 Å². The molecule has 0 aromatic rings. The number of ether oxygens (including phenoxy) is 1. The molecule has 14 heavy (non-hydrogen) atoms. The fourth-order valence-electron chi connectivity index (χ4n) is 2.97. The summed E-state index contributed by atoms with van der Waals surface area (Å²) in [7, 11) is 0. The predicted octanol–water partition coefficient (Wildman–Crippen LogP) is 3.40. The Hall–Kier alpha value is -0.300. The van der Waals surface area contributed by atoms with Crippen LogP contribution in [0.5, 0.6) is 0 Å². The van der Waals surface area contributed by atoms with Crippen molar-refractivity contribution in [1.29, 1.82) is 0 Å². The molecule has 0 amide bonds. The van der Waals surface area contributed by atoms with E-state index in [4.69, 9.17) is 4.74 Å². The van der Waals surface area contributed by atoms with Gasteiger partial charge in [0.25, 0.3) is 0 Å². The quantitative estimate of drug-likeness (QED) is 0.626. The van der Waals surface area contributed by atoms with E-state index in [0.717, 1.165) is 18.4 Å². The van der Waals surface area contributed by atoms with Gasteiger partial charge in [-0.25, -0.2) is 0 Å². The second-order valence-electron chi connectivity index (χ2n) is 5.28. The first-order chi connectivity index (χ1) is 6.70. The molecule has 80 valence electrons. The first-order valence-corrected chi connectivity index (χ1v) is 5.97. The molecule has 0 aromatic carbocycles. The van der Waals surface area contributed by atoms with E-state index in [9.17, 15) is 0 Å². The molecule has 2 saturated carbocycles. The molecule has 0 heterocycles. The van der Waals surface area contributed by atoms with Crippen LogP contribution in [0.4, 0.5) is 0 Å². The maximum absolute atomic E-state index is 5.99. The highest BCUT2D eigenvalue weighted by Gasteiger charge is 2.42. The first kappa shape index (κ1) is 10.2. The van der Waals surface area contributed by atoms with E-state index < -0.39 is 0 Å². The first-order valence-electron chi connectivity index (χ1n) is 5.97. The molecule has 1 nitrogen and oxygen atoms in total. The molecule has 0 N–H and O–H groups in total. The monoisotopic (exact) mass is 194 g/mol. The zero-order chi connectivity index (χ0) is 10.1. The van der Waals surface area contributed by atoms with Gasteiger partial charge in [-0.05, 0) is 38.0 Å². The number of hydrogen-bond acceptors (Lipinski definition) is 1. The van der Waals surface area contributed by atoms with E-state index in [1.165, 1.54) is 19.3 Å². The Balaban J connectivity index is 1.90. The molecule has 0 aliphatic heterocycles. The maximum atomic E-state index is 5.99. The lowest BCUT2D eigenvalue weighted by Crippen LogP contribution is -2.24. The Morgan fingerprint density at radius 3 is 2.79 bits per heavy atom. The zero-order valence-corrected chi connectivity index (χ0v) is 9.62. The predicted molar refractivity (Wildman–Crippen MR) is 59.2 cm³/mol. The molecule has 3 unspecified atom stereocenters. The van der Waals surface area contributed by atoms with Crippen LogP contribution in [0.2, 0.25) is 0 Å². The highest BCUT2D eigenvalue weighted by molar-refractivity contribution is 5.18. The summed E-state index contributed by atoms with van der Waals surface area (Å²) in [6.07, 6.45) is 6.91. The minimum absolute atomic E-state index is 0.544. The molecule has 0 aromatic heterocycles. The van der Waals surface area contributed by atoms with Crippen molar-refractivity contribution in [3.8, 4) is 0 Å². The third-order valence-corrected chi connectivity index (χ3v) is 3.62. The Bertz CT molecular complexity index is 229. The average molecular weight is 194 g/mol. The zero-order valence-electron chi connectivity index (χ0n) is 9.62. The van der Waals surface area contributed by atoms with E-state index in [1.807, 2.05) is 0 Å². The molecule has 2 rings (SSSR count). The van der Waals surface area contributed by atoms with Crippen LogP contribution >= 0.6 is 0 Å². The molecule has 2 aliphatic carbocycles. The molecule has 3 atom stereocenters. The second-order valence-corrected chi connectivity index (χ2v) is 5.28. The summed E-state index contributed by atoms with van der Waals surface area (Å²) in [4.78, 5) is 0. The summed E-state index contributed by atoms with van der Waals surface area (Å²) in [6, 6.07) is 0. The van der Waals surface area contributed by atoms with Gasteiger partial charge in [-0.1, -0.05) is 25.5 Å². The van der Waals surface area contributed by atoms with Crippen LogP contribution in [0.15, 0.2) is 11.6 Å². The van der Waals surface area contributed by atoms with Crippen LogP contribution in [-0.4, -0.2) is 12.7 Å². The van der Waals surface area contributed by atoms with Gasteiger partial charge in [0.1, 0.15) is 0 Å². The Labute approximate surface area is 87.5 Å². The van der Waals surface area contributed by atoms with Crippen LogP contribution in [0, 0.1) is 17.8 Å².